The minimum Gasteiger partial charge on any atom is -0.346 e. The van der Waals surface area contributed by atoms with E-state index in [1.54, 1.807) is 42.5 Å². The van der Waals surface area contributed by atoms with Crippen LogP contribution in [-0.2, 0) is 9.59 Å². The lowest BCUT2D eigenvalue weighted by Gasteiger charge is -2.36. The fourth-order valence-electron chi connectivity index (χ4n) is 3.73. The van der Waals surface area contributed by atoms with Gasteiger partial charge in [0.05, 0.1) is 24.0 Å². The SMILES string of the molecule is CNCC(=O)N1CC(=O)N(C2CC2)c2ccc(C(=O)NC(C)c3ccncc3)cc21. The topological polar surface area (TPSA) is 94.6 Å². The number of aromatic nitrogens is 1. The smallest absolute Gasteiger partial charge is 0.251 e. The number of carbonyl (C=O) groups is 3. The quantitative estimate of drug-likeness (QED) is 0.759. The number of nitrogens with zero attached hydrogens (tertiary/aromatic N) is 3. The van der Waals surface area contributed by atoms with E-state index in [0.29, 0.717) is 16.9 Å². The molecule has 1 unspecified atom stereocenters. The van der Waals surface area contributed by atoms with Crippen LogP contribution in [0.25, 0.3) is 0 Å². The molecule has 1 aliphatic heterocycles. The molecular formula is C22H25N5O3. The van der Waals surface area contributed by atoms with Gasteiger partial charge in [0, 0.05) is 24.0 Å². The van der Waals surface area contributed by atoms with Crippen LogP contribution in [0.4, 0.5) is 11.4 Å². The summed E-state index contributed by atoms with van der Waals surface area (Å²) in [5.41, 5.74) is 2.69. The Morgan fingerprint density at radius 1 is 1.17 bits per heavy atom. The van der Waals surface area contributed by atoms with Crippen LogP contribution in [0.15, 0.2) is 42.7 Å². The van der Waals surface area contributed by atoms with Gasteiger partial charge < -0.3 is 15.5 Å². The molecule has 2 aliphatic rings. The van der Waals surface area contributed by atoms with Crippen LogP contribution in [-0.4, -0.2) is 48.9 Å². The van der Waals surface area contributed by atoms with Crippen LogP contribution in [0, 0.1) is 0 Å². The lowest BCUT2D eigenvalue weighted by atomic mass is 10.1. The molecule has 0 bridgehead atoms. The Morgan fingerprint density at radius 3 is 2.57 bits per heavy atom. The second kappa shape index (κ2) is 8.23. The first-order valence-electron chi connectivity index (χ1n) is 10.1. The molecule has 0 spiro atoms. The lowest BCUT2D eigenvalue weighted by molar-refractivity contribution is -0.122. The number of rotatable bonds is 6. The van der Waals surface area contributed by atoms with E-state index in [2.05, 4.69) is 15.6 Å². The fraction of sp³-hybridized carbons (Fsp3) is 0.364. The minimum absolute atomic E-state index is 0.0114. The number of likely N-dealkylation sites (N-methyl/N-ethyl adjacent to an activating group) is 1. The second-order valence-corrected chi connectivity index (χ2v) is 7.68. The van der Waals surface area contributed by atoms with Crippen LogP contribution < -0.4 is 20.4 Å². The number of fused-ring (bicyclic) bond motifs is 1. The Balaban J connectivity index is 1.63. The van der Waals surface area contributed by atoms with Crippen molar-refractivity contribution < 1.29 is 14.4 Å². The maximum absolute atomic E-state index is 12.9. The summed E-state index contributed by atoms with van der Waals surface area (Å²) in [5, 5.41) is 5.82. The van der Waals surface area contributed by atoms with E-state index in [9.17, 15) is 14.4 Å². The molecule has 156 valence electrons. The summed E-state index contributed by atoms with van der Waals surface area (Å²) < 4.78 is 0. The molecule has 1 aromatic heterocycles. The molecule has 4 rings (SSSR count). The number of hydrogen-bond acceptors (Lipinski definition) is 5. The average molecular weight is 407 g/mol. The maximum Gasteiger partial charge on any atom is 0.251 e. The molecule has 1 saturated carbocycles. The predicted octanol–water partition coefficient (Wildman–Crippen LogP) is 1.63. The van der Waals surface area contributed by atoms with E-state index in [1.807, 2.05) is 19.1 Å². The largest absolute Gasteiger partial charge is 0.346 e. The van der Waals surface area contributed by atoms with Crippen molar-refractivity contribution in [2.75, 3.05) is 29.9 Å². The van der Waals surface area contributed by atoms with Crippen LogP contribution in [0.1, 0.15) is 41.7 Å². The van der Waals surface area contributed by atoms with Gasteiger partial charge in [-0.1, -0.05) is 0 Å². The molecule has 2 aromatic rings. The fourth-order valence-corrected chi connectivity index (χ4v) is 3.73. The van der Waals surface area contributed by atoms with Crippen molar-refractivity contribution in [3.63, 3.8) is 0 Å². The van der Waals surface area contributed by atoms with Gasteiger partial charge in [0.25, 0.3) is 5.91 Å². The van der Waals surface area contributed by atoms with Gasteiger partial charge in [-0.05, 0) is 62.7 Å². The second-order valence-electron chi connectivity index (χ2n) is 7.68. The molecule has 1 aromatic carbocycles. The third-order valence-electron chi connectivity index (χ3n) is 5.44. The molecule has 1 fully saturated rings. The molecule has 8 heteroatoms. The van der Waals surface area contributed by atoms with Crippen molar-refractivity contribution in [2.45, 2.75) is 31.8 Å². The zero-order valence-electron chi connectivity index (χ0n) is 17.1. The standard InChI is InChI=1S/C22H25N5O3/c1-14(15-7-9-24-10-8-15)25-22(30)16-3-6-18-19(11-16)26(20(28)12-23-2)13-21(29)27(18)17-4-5-17/h3,6-11,14,17,23H,4-5,12-13H2,1-2H3,(H,25,30). The summed E-state index contributed by atoms with van der Waals surface area (Å²) in [7, 11) is 1.69. The van der Waals surface area contributed by atoms with E-state index in [0.717, 1.165) is 18.4 Å². The summed E-state index contributed by atoms with van der Waals surface area (Å²) >= 11 is 0. The molecule has 2 N–H and O–H groups in total. The molecule has 3 amide bonds. The van der Waals surface area contributed by atoms with Gasteiger partial charge in [0.15, 0.2) is 0 Å². The van der Waals surface area contributed by atoms with E-state index in [1.165, 1.54) is 4.90 Å². The van der Waals surface area contributed by atoms with Crippen molar-refractivity contribution in [3.8, 4) is 0 Å². The molecule has 0 radical (unpaired) electrons. The van der Waals surface area contributed by atoms with Crippen molar-refractivity contribution in [1.29, 1.82) is 0 Å². The lowest BCUT2D eigenvalue weighted by Crippen LogP contribution is -2.50. The van der Waals surface area contributed by atoms with Gasteiger partial charge in [0.2, 0.25) is 11.8 Å². The molecule has 1 atom stereocenters. The van der Waals surface area contributed by atoms with Crippen molar-refractivity contribution in [3.05, 3.63) is 53.9 Å². The average Bonchev–Trinajstić information content (AvgIpc) is 3.58. The van der Waals surface area contributed by atoms with E-state index >= 15 is 0 Å². The summed E-state index contributed by atoms with van der Waals surface area (Å²) in [6, 6.07) is 8.90. The van der Waals surface area contributed by atoms with Crippen molar-refractivity contribution in [1.82, 2.24) is 15.6 Å². The summed E-state index contributed by atoms with van der Waals surface area (Å²) in [6.45, 7) is 2.01. The number of nitrogens with one attached hydrogen (secondary N) is 2. The predicted molar refractivity (Wildman–Crippen MR) is 113 cm³/mol. The molecule has 30 heavy (non-hydrogen) atoms. The first kappa shape index (κ1) is 20.0. The first-order valence-corrected chi connectivity index (χ1v) is 10.1. The zero-order valence-corrected chi connectivity index (χ0v) is 17.1. The maximum atomic E-state index is 12.9. The molecule has 1 aliphatic carbocycles. The number of benzene rings is 1. The van der Waals surface area contributed by atoms with E-state index in [4.69, 9.17) is 0 Å². The summed E-state index contributed by atoms with van der Waals surface area (Å²) in [4.78, 5) is 45.5. The van der Waals surface area contributed by atoms with Crippen LogP contribution >= 0.6 is 0 Å². The van der Waals surface area contributed by atoms with Gasteiger partial charge in [-0.25, -0.2) is 0 Å². The highest BCUT2D eigenvalue weighted by Gasteiger charge is 2.40. The van der Waals surface area contributed by atoms with Gasteiger partial charge in [0.1, 0.15) is 6.54 Å². The Hall–Kier alpha value is -3.26. The van der Waals surface area contributed by atoms with Crippen molar-refractivity contribution in [2.24, 2.45) is 0 Å². The minimum atomic E-state index is -0.238. The molecule has 2 heterocycles. The van der Waals surface area contributed by atoms with Gasteiger partial charge in [-0.2, -0.15) is 0 Å². The third-order valence-corrected chi connectivity index (χ3v) is 5.44. The highest BCUT2D eigenvalue weighted by atomic mass is 16.2. The molecule has 0 saturated heterocycles. The Kier molecular flexibility index (Phi) is 5.50. The zero-order chi connectivity index (χ0) is 21.3. The molecule has 8 nitrogen and oxygen atoms in total. The Morgan fingerprint density at radius 2 is 1.90 bits per heavy atom. The summed E-state index contributed by atoms with van der Waals surface area (Å²) in [5.74, 6) is -0.527. The number of carbonyl (C=O) groups excluding carboxylic acids is 3. The van der Waals surface area contributed by atoms with Gasteiger partial charge in [-0.15, -0.1) is 0 Å². The number of pyridine rings is 1. The van der Waals surface area contributed by atoms with Crippen LogP contribution in [0.3, 0.4) is 0 Å². The first-order chi connectivity index (χ1) is 14.5. The monoisotopic (exact) mass is 407 g/mol. The van der Waals surface area contributed by atoms with Crippen LogP contribution in [0.5, 0.6) is 0 Å². The number of anilines is 2. The Bertz CT molecular complexity index is 974. The van der Waals surface area contributed by atoms with Crippen molar-refractivity contribution >= 4 is 29.1 Å². The van der Waals surface area contributed by atoms with Gasteiger partial charge in [-0.3, -0.25) is 24.3 Å². The number of amides is 3. The Labute approximate surface area is 175 Å². The third kappa shape index (κ3) is 3.91. The van der Waals surface area contributed by atoms with E-state index < -0.39 is 0 Å². The highest BCUT2D eigenvalue weighted by Crippen LogP contribution is 2.41. The van der Waals surface area contributed by atoms with Gasteiger partial charge >= 0.3 is 0 Å². The number of hydrogen-bond donors (Lipinski definition) is 2. The normalized spacial score (nSPS) is 16.8. The van der Waals surface area contributed by atoms with Crippen LogP contribution in [0.2, 0.25) is 0 Å². The highest BCUT2D eigenvalue weighted by molar-refractivity contribution is 6.13. The summed E-state index contributed by atoms with van der Waals surface area (Å²) in [6.07, 6.45) is 5.29. The van der Waals surface area contributed by atoms with E-state index in [-0.39, 0.29) is 42.9 Å². The molecular weight excluding hydrogens is 382 g/mol.